The summed E-state index contributed by atoms with van der Waals surface area (Å²) >= 11 is 1.55. The minimum atomic E-state index is -0.0455. The first-order chi connectivity index (χ1) is 8.74. The van der Waals surface area contributed by atoms with Crippen molar-refractivity contribution in [1.29, 1.82) is 0 Å². The van der Waals surface area contributed by atoms with Crippen molar-refractivity contribution in [3.63, 3.8) is 0 Å². The number of aromatic hydroxyl groups is 1. The average Bonchev–Trinajstić information content (AvgIpc) is 2.82. The van der Waals surface area contributed by atoms with E-state index in [1.807, 2.05) is 11.4 Å². The first-order valence-electron chi connectivity index (χ1n) is 5.66. The molecule has 0 saturated heterocycles. The number of amides is 1. The second-order valence-corrected chi connectivity index (χ2v) is 4.65. The average molecular weight is 262 g/mol. The van der Waals surface area contributed by atoms with Crippen LogP contribution in [0.1, 0.15) is 11.3 Å². The van der Waals surface area contributed by atoms with Crippen molar-refractivity contribution in [3.05, 3.63) is 46.4 Å². The first-order valence-corrected chi connectivity index (χ1v) is 6.60. The van der Waals surface area contributed by atoms with Crippen LogP contribution >= 0.6 is 11.3 Å². The molecule has 0 bridgehead atoms. The van der Waals surface area contributed by atoms with Crippen molar-refractivity contribution in [2.75, 3.05) is 6.54 Å². The number of carbonyl (C=O) groups excluding carboxylic acids is 1. The number of aromatic nitrogens is 1. The topological polar surface area (TPSA) is 62.2 Å². The maximum atomic E-state index is 11.6. The molecular formula is C13H14N2O2S. The fraction of sp³-hybridized carbons (Fsp3) is 0.231. The Kier molecular flexibility index (Phi) is 4.30. The van der Waals surface area contributed by atoms with Crippen molar-refractivity contribution < 1.29 is 9.90 Å². The molecule has 0 aliphatic heterocycles. The van der Waals surface area contributed by atoms with Gasteiger partial charge in [0.1, 0.15) is 5.75 Å². The van der Waals surface area contributed by atoms with E-state index in [0.717, 1.165) is 17.7 Å². The zero-order valence-corrected chi connectivity index (χ0v) is 10.6. The van der Waals surface area contributed by atoms with Gasteiger partial charge in [0.2, 0.25) is 5.91 Å². The van der Waals surface area contributed by atoms with Crippen LogP contribution in [0.3, 0.4) is 0 Å². The number of rotatable bonds is 5. The number of nitrogens with zero attached hydrogens (tertiary/aromatic N) is 1. The van der Waals surface area contributed by atoms with Crippen LogP contribution in [0.5, 0.6) is 5.75 Å². The molecule has 18 heavy (non-hydrogen) atoms. The predicted octanol–water partition coefficient (Wildman–Crippen LogP) is 1.75. The van der Waals surface area contributed by atoms with Gasteiger partial charge in [0.25, 0.3) is 0 Å². The number of benzene rings is 1. The maximum absolute atomic E-state index is 11.6. The quantitative estimate of drug-likeness (QED) is 0.863. The Morgan fingerprint density at radius 2 is 2.33 bits per heavy atom. The van der Waals surface area contributed by atoms with Crippen LogP contribution in [-0.4, -0.2) is 22.5 Å². The molecule has 1 amide bonds. The van der Waals surface area contributed by atoms with Crippen LogP contribution in [0.25, 0.3) is 0 Å². The summed E-state index contributed by atoms with van der Waals surface area (Å²) in [6.07, 6.45) is 1.03. The second-order valence-electron chi connectivity index (χ2n) is 3.93. The third kappa shape index (κ3) is 3.85. The third-order valence-corrected chi connectivity index (χ3v) is 3.10. The van der Waals surface area contributed by atoms with E-state index in [-0.39, 0.29) is 18.1 Å². The van der Waals surface area contributed by atoms with Crippen LogP contribution in [0.15, 0.2) is 35.2 Å². The molecule has 1 aromatic carbocycles. The summed E-state index contributed by atoms with van der Waals surface area (Å²) in [5.41, 5.74) is 3.59. The van der Waals surface area contributed by atoms with Gasteiger partial charge in [-0.2, -0.15) is 0 Å². The van der Waals surface area contributed by atoms with Crippen LogP contribution < -0.4 is 5.32 Å². The molecule has 0 radical (unpaired) electrons. The molecule has 0 spiro atoms. The van der Waals surface area contributed by atoms with Gasteiger partial charge >= 0.3 is 0 Å². The molecule has 0 unspecified atom stereocenters. The Balaban J connectivity index is 1.75. The molecule has 2 aromatic rings. The Labute approximate surface area is 109 Å². The zero-order chi connectivity index (χ0) is 12.8. The number of nitrogens with one attached hydrogen (secondary N) is 1. The summed E-state index contributed by atoms with van der Waals surface area (Å²) in [6.45, 7) is 0.585. The number of carbonyl (C=O) groups is 1. The van der Waals surface area contributed by atoms with E-state index in [2.05, 4.69) is 10.3 Å². The minimum Gasteiger partial charge on any atom is -0.508 e. The van der Waals surface area contributed by atoms with Crippen molar-refractivity contribution in [3.8, 4) is 5.75 Å². The predicted molar refractivity (Wildman–Crippen MR) is 70.6 cm³/mol. The summed E-state index contributed by atoms with van der Waals surface area (Å²) in [6, 6.07) is 6.73. The molecule has 1 heterocycles. The lowest BCUT2D eigenvalue weighted by Crippen LogP contribution is -2.27. The lowest BCUT2D eigenvalue weighted by molar-refractivity contribution is -0.120. The highest BCUT2D eigenvalue weighted by Gasteiger charge is 2.04. The van der Waals surface area contributed by atoms with Gasteiger partial charge in [0, 0.05) is 18.3 Å². The summed E-state index contributed by atoms with van der Waals surface area (Å²) in [5.74, 6) is 0.138. The molecule has 2 rings (SSSR count). The van der Waals surface area contributed by atoms with Crippen molar-refractivity contribution in [2.24, 2.45) is 0 Å². The van der Waals surface area contributed by atoms with Gasteiger partial charge in [-0.3, -0.25) is 4.79 Å². The number of hydrogen-bond donors (Lipinski definition) is 2. The molecule has 0 fully saturated rings. The fourth-order valence-electron chi connectivity index (χ4n) is 1.61. The molecule has 94 valence electrons. The molecular weight excluding hydrogens is 248 g/mol. The van der Waals surface area contributed by atoms with E-state index >= 15 is 0 Å². The maximum Gasteiger partial charge on any atom is 0.224 e. The van der Waals surface area contributed by atoms with Crippen molar-refractivity contribution in [2.45, 2.75) is 12.8 Å². The van der Waals surface area contributed by atoms with E-state index in [0.29, 0.717) is 6.54 Å². The van der Waals surface area contributed by atoms with Crippen molar-refractivity contribution >= 4 is 17.2 Å². The number of hydrogen-bond acceptors (Lipinski definition) is 4. The Morgan fingerprint density at radius 3 is 3.06 bits per heavy atom. The lowest BCUT2D eigenvalue weighted by Gasteiger charge is -2.04. The van der Waals surface area contributed by atoms with Crippen LogP contribution in [-0.2, 0) is 17.6 Å². The zero-order valence-electron chi connectivity index (χ0n) is 9.80. The summed E-state index contributed by atoms with van der Waals surface area (Å²) in [5, 5.41) is 14.1. The second kappa shape index (κ2) is 6.16. The highest BCUT2D eigenvalue weighted by atomic mass is 32.1. The largest absolute Gasteiger partial charge is 0.508 e. The summed E-state index contributed by atoms with van der Waals surface area (Å²) in [7, 11) is 0. The smallest absolute Gasteiger partial charge is 0.224 e. The lowest BCUT2D eigenvalue weighted by atomic mass is 10.1. The van der Waals surface area contributed by atoms with Gasteiger partial charge in [-0.25, -0.2) is 4.98 Å². The Morgan fingerprint density at radius 1 is 1.44 bits per heavy atom. The van der Waals surface area contributed by atoms with Gasteiger partial charge in [0.15, 0.2) is 0 Å². The van der Waals surface area contributed by atoms with Gasteiger partial charge in [-0.1, -0.05) is 12.1 Å². The summed E-state index contributed by atoms with van der Waals surface area (Å²) < 4.78 is 0. The van der Waals surface area contributed by atoms with Crippen molar-refractivity contribution in [1.82, 2.24) is 10.3 Å². The van der Waals surface area contributed by atoms with E-state index in [1.165, 1.54) is 0 Å². The van der Waals surface area contributed by atoms with E-state index in [4.69, 9.17) is 0 Å². The molecule has 0 saturated carbocycles. The molecule has 2 N–H and O–H groups in total. The van der Waals surface area contributed by atoms with Gasteiger partial charge < -0.3 is 10.4 Å². The Hall–Kier alpha value is -1.88. The molecule has 0 aliphatic rings. The SMILES string of the molecule is O=C(Cc1cccc(O)c1)NCCc1cscn1. The number of phenolic OH excluding ortho intramolecular Hbond substituents is 1. The van der Waals surface area contributed by atoms with Crippen LogP contribution in [0.4, 0.5) is 0 Å². The highest BCUT2D eigenvalue weighted by Crippen LogP contribution is 2.11. The molecule has 4 nitrogen and oxygen atoms in total. The standard InChI is InChI=1S/C13H14N2O2S/c16-12-3-1-2-10(6-12)7-13(17)14-5-4-11-8-18-9-15-11/h1-3,6,8-9,16H,4-5,7H2,(H,14,17). The van der Waals surface area contributed by atoms with Gasteiger partial charge in [-0.15, -0.1) is 11.3 Å². The molecule has 5 heteroatoms. The van der Waals surface area contributed by atoms with E-state index in [1.54, 1.807) is 35.0 Å². The van der Waals surface area contributed by atoms with E-state index in [9.17, 15) is 9.90 Å². The van der Waals surface area contributed by atoms with Gasteiger partial charge in [-0.05, 0) is 17.7 Å². The molecule has 0 aliphatic carbocycles. The molecule has 0 atom stereocenters. The van der Waals surface area contributed by atoms with Crippen LogP contribution in [0.2, 0.25) is 0 Å². The fourth-order valence-corrected chi connectivity index (χ4v) is 2.20. The molecule has 1 aromatic heterocycles. The first kappa shape index (κ1) is 12.6. The van der Waals surface area contributed by atoms with Gasteiger partial charge in [0.05, 0.1) is 17.6 Å². The van der Waals surface area contributed by atoms with E-state index < -0.39 is 0 Å². The highest BCUT2D eigenvalue weighted by molar-refractivity contribution is 7.07. The third-order valence-electron chi connectivity index (χ3n) is 2.46. The normalized spacial score (nSPS) is 10.2. The van der Waals surface area contributed by atoms with Crippen LogP contribution in [0, 0.1) is 0 Å². The minimum absolute atomic E-state index is 0.0455. The summed E-state index contributed by atoms with van der Waals surface area (Å²) in [4.78, 5) is 15.8. The Bertz CT molecular complexity index is 511. The monoisotopic (exact) mass is 262 g/mol. The number of phenols is 1. The number of thiazole rings is 1.